The van der Waals surface area contributed by atoms with E-state index in [1.807, 2.05) is 6.07 Å². The van der Waals surface area contributed by atoms with Gasteiger partial charge < -0.3 is 10.6 Å². The quantitative estimate of drug-likeness (QED) is 0.510. The molecule has 0 radical (unpaired) electrons. The molecule has 0 aliphatic rings. The molecule has 0 saturated carbocycles. The molecule has 0 bridgehead atoms. The van der Waals surface area contributed by atoms with Crippen LogP contribution in [0.4, 0.5) is 15.8 Å². The Bertz CT molecular complexity index is 597. The van der Waals surface area contributed by atoms with Crippen LogP contribution in [0.3, 0.4) is 0 Å². The molecule has 7 nitrogen and oxygen atoms in total. The fourth-order valence-electron chi connectivity index (χ4n) is 1.68. The molecule has 1 amide bonds. The van der Waals surface area contributed by atoms with Crippen molar-refractivity contribution in [1.29, 1.82) is 5.26 Å². The number of nitriles is 1. The number of carbonyl (C=O) groups is 1. The summed E-state index contributed by atoms with van der Waals surface area (Å²) in [6.07, 6.45) is 0. The van der Waals surface area contributed by atoms with E-state index in [1.54, 1.807) is 6.92 Å². The third kappa shape index (κ3) is 3.00. The highest BCUT2D eigenvalue weighted by atomic mass is 19.1. The van der Waals surface area contributed by atoms with E-state index in [0.717, 1.165) is 17.0 Å². The third-order valence-corrected chi connectivity index (χ3v) is 2.70. The minimum absolute atomic E-state index is 0.0664. The van der Waals surface area contributed by atoms with Crippen molar-refractivity contribution in [2.24, 2.45) is 5.92 Å². The molecule has 8 heteroatoms. The number of nitrogen functional groups attached to an aromatic ring is 1. The first kappa shape index (κ1) is 15.4. The summed E-state index contributed by atoms with van der Waals surface area (Å²) >= 11 is 0. The third-order valence-electron chi connectivity index (χ3n) is 2.70. The molecule has 0 saturated heterocycles. The number of nitrogens with zero attached hydrogens (tertiary/aromatic N) is 3. The molecule has 106 valence electrons. The van der Waals surface area contributed by atoms with Crippen molar-refractivity contribution in [3.63, 3.8) is 0 Å². The highest BCUT2D eigenvalue weighted by Crippen LogP contribution is 2.28. The maximum absolute atomic E-state index is 13.7. The van der Waals surface area contributed by atoms with E-state index in [1.165, 1.54) is 7.05 Å². The second-order valence-corrected chi connectivity index (χ2v) is 4.33. The van der Waals surface area contributed by atoms with Crippen molar-refractivity contribution in [2.75, 3.05) is 19.3 Å². The molecule has 1 aromatic carbocycles. The van der Waals surface area contributed by atoms with Crippen LogP contribution in [-0.4, -0.2) is 29.3 Å². The zero-order valence-electron chi connectivity index (χ0n) is 11.0. The van der Waals surface area contributed by atoms with Crippen molar-refractivity contribution >= 4 is 17.3 Å². The Morgan fingerprint density at radius 3 is 2.75 bits per heavy atom. The Morgan fingerprint density at radius 2 is 2.25 bits per heavy atom. The fraction of sp³-hybridized carbons (Fsp3) is 0.333. The number of halogens is 1. The number of amides is 1. The average molecular weight is 280 g/mol. The molecule has 0 fully saturated rings. The number of hydrogen-bond acceptors (Lipinski definition) is 5. The van der Waals surface area contributed by atoms with Gasteiger partial charge in [0.15, 0.2) is 0 Å². The normalized spacial score (nSPS) is 11.5. The van der Waals surface area contributed by atoms with Gasteiger partial charge in [-0.1, -0.05) is 0 Å². The number of nitrogens with two attached hydrogens (primary N) is 1. The molecule has 0 heterocycles. The number of rotatable bonds is 4. The van der Waals surface area contributed by atoms with Crippen LogP contribution in [0, 0.1) is 33.2 Å². The monoisotopic (exact) mass is 280 g/mol. The molecule has 1 atom stereocenters. The van der Waals surface area contributed by atoms with E-state index in [2.05, 4.69) is 0 Å². The molecule has 1 unspecified atom stereocenters. The van der Waals surface area contributed by atoms with Gasteiger partial charge in [-0.3, -0.25) is 14.9 Å². The highest BCUT2D eigenvalue weighted by Gasteiger charge is 2.26. The first-order valence-electron chi connectivity index (χ1n) is 5.67. The van der Waals surface area contributed by atoms with Gasteiger partial charge in [0.25, 0.3) is 11.6 Å². The van der Waals surface area contributed by atoms with Crippen LogP contribution in [0.1, 0.15) is 17.3 Å². The number of carbonyl (C=O) groups excluding carboxylic acids is 1. The maximum Gasteiger partial charge on any atom is 0.293 e. The van der Waals surface area contributed by atoms with Gasteiger partial charge in [-0.15, -0.1) is 0 Å². The molecule has 1 aromatic rings. The smallest absolute Gasteiger partial charge is 0.293 e. The van der Waals surface area contributed by atoms with Crippen LogP contribution in [0.5, 0.6) is 0 Å². The van der Waals surface area contributed by atoms with E-state index in [0.29, 0.717) is 0 Å². The van der Waals surface area contributed by atoms with Crippen LogP contribution >= 0.6 is 0 Å². The highest BCUT2D eigenvalue weighted by molar-refractivity contribution is 6.01. The van der Waals surface area contributed by atoms with E-state index in [4.69, 9.17) is 11.0 Å². The fourth-order valence-corrected chi connectivity index (χ4v) is 1.68. The Balaban J connectivity index is 3.19. The molecule has 2 N–H and O–H groups in total. The van der Waals surface area contributed by atoms with E-state index in [9.17, 15) is 19.3 Å². The Kier molecular flexibility index (Phi) is 4.59. The Labute approximate surface area is 114 Å². The maximum atomic E-state index is 13.7. The zero-order chi connectivity index (χ0) is 15.4. The minimum Gasteiger partial charge on any atom is -0.392 e. The lowest BCUT2D eigenvalue weighted by Gasteiger charge is -2.19. The minimum atomic E-state index is -0.936. The lowest BCUT2D eigenvalue weighted by Crippen LogP contribution is -2.32. The van der Waals surface area contributed by atoms with Gasteiger partial charge >= 0.3 is 0 Å². The standard InChI is InChI=1S/C12H13FN4O3/c1-7(5-14)6-16(2)12(18)10-8(13)3-4-9(11(10)15)17(19)20/h3-4,7H,6,15H2,1-2H3. The predicted molar refractivity (Wildman–Crippen MR) is 69.2 cm³/mol. The van der Waals surface area contributed by atoms with Crippen LogP contribution in [0.2, 0.25) is 0 Å². The van der Waals surface area contributed by atoms with Crippen LogP contribution < -0.4 is 5.73 Å². The van der Waals surface area contributed by atoms with Gasteiger partial charge in [0.05, 0.1) is 16.9 Å². The Hall–Kier alpha value is -2.69. The molecule has 0 aromatic heterocycles. The van der Waals surface area contributed by atoms with Gasteiger partial charge in [-0.25, -0.2) is 4.39 Å². The van der Waals surface area contributed by atoms with E-state index < -0.39 is 39.5 Å². The summed E-state index contributed by atoms with van der Waals surface area (Å²) in [4.78, 5) is 23.1. The zero-order valence-corrected chi connectivity index (χ0v) is 11.0. The van der Waals surface area contributed by atoms with E-state index >= 15 is 0 Å². The number of nitro groups is 1. The van der Waals surface area contributed by atoms with Gasteiger partial charge in [0, 0.05) is 19.7 Å². The molecule has 0 aliphatic heterocycles. The summed E-state index contributed by atoms with van der Waals surface area (Å²) < 4.78 is 13.7. The summed E-state index contributed by atoms with van der Waals surface area (Å²) in [6, 6.07) is 3.66. The summed E-state index contributed by atoms with van der Waals surface area (Å²) in [6.45, 7) is 1.66. The lowest BCUT2D eigenvalue weighted by molar-refractivity contribution is -0.384. The van der Waals surface area contributed by atoms with Crippen LogP contribution in [0.25, 0.3) is 0 Å². The molecular weight excluding hydrogens is 267 g/mol. The second kappa shape index (κ2) is 5.97. The SMILES string of the molecule is CC(C#N)CN(C)C(=O)c1c(F)ccc([N+](=O)[O-])c1N. The number of hydrogen-bond donors (Lipinski definition) is 1. The lowest BCUT2D eigenvalue weighted by atomic mass is 10.1. The average Bonchev–Trinajstić information content (AvgIpc) is 2.37. The van der Waals surface area contributed by atoms with Gasteiger partial charge in [0.1, 0.15) is 17.1 Å². The topological polar surface area (TPSA) is 113 Å². The number of nitro benzene ring substituents is 1. The molecule has 0 spiro atoms. The molecular formula is C12H13FN4O3. The first-order valence-corrected chi connectivity index (χ1v) is 5.67. The van der Waals surface area contributed by atoms with Crippen LogP contribution in [-0.2, 0) is 0 Å². The molecule has 20 heavy (non-hydrogen) atoms. The predicted octanol–water partition coefficient (Wildman–Crippen LogP) is 1.55. The molecule has 0 aliphatic carbocycles. The van der Waals surface area contributed by atoms with Gasteiger partial charge in [0.2, 0.25) is 0 Å². The largest absolute Gasteiger partial charge is 0.392 e. The summed E-state index contributed by atoms with van der Waals surface area (Å²) in [5.74, 6) is -2.19. The van der Waals surface area contributed by atoms with Crippen molar-refractivity contribution in [3.05, 3.63) is 33.6 Å². The van der Waals surface area contributed by atoms with Crippen molar-refractivity contribution in [1.82, 2.24) is 4.90 Å². The summed E-state index contributed by atoms with van der Waals surface area (Å²) in [7, 11) is 1.37. The van der Waals surface area contributed by atoms with E-state index in [-0.39, 0.29) is 6.54 Å². The van der Waals surface area contributed by atoms with Gasteiger partial charge in [-0.05, 0) is 13.0 Å². The second-order valence-electron chi connectivity index (χ2n) is 4.33. The van der Waals surface area contributed by atoms with Crippen LogP contribution in [0.15, 0.2) is 12.1 Å². The van der Waals surface area contributed by atoms with Gasteiger partial charge in [-0.2, -0.15) is 5.26 Å². The first-order chi connectivity index (χ1) is 9.29. The molecule has 1 rings (SSSR count). The van der Waals surface area contributed by atoms with Crippen molar-refractivity contribution in [2.45, 2.75) is 6.92 Å². The number of anilines is 1. The summed E-state index contributed by atoms with van der Waals surface area (Å²) in [5, 5.41) is 19.4. The van der Waals surface area contributed by atoms with Crippen molar-refractivity contribution in [3.8, 4) is 6.07 Å². The van der Waals surface area contributed by atoms with Crippen molar-refractivity contribution < 1.29 is 14.1 Å². The Morgan fingerprint density at radius 1 is 1.65 bits per heavy atom. The number of benzene rings is 1. The summed E-state index contributed by atoms with van der Waals surface area (Å²) in [5.41, 5.74) is 3.90.